The summed E-state index contributed by atoms with van der Waals surface area (Å²) in [6, 6.07) is 18.8. The molecule has 3 aromatic rings. The van der Waals surface area contributed by atoms with Crippen molar-refractivity contribution in [3.63, 3.8) is 0 Å². The minimum Gasteiger partial charge on any atom is -0.493 e. The van der Waals surface area contributed by atoms with Crippen molar-refractivity contribution in [3.05, 3.63) is 76.3 Å². The molecule has 154 valence electrons. The number of methoxy groups -OCH3 is 3. The number of benzene rings is 3. The Hall–Kier alpha value is -3.19. The molecular formula is C23H21BrN2O4. The van der Waals surface area contributed by atoms with Crippen LogP contribution in [0.2, 0.25) is 0 Å². The van der Waals surface area contributed by atoms with Gasteiger partial charge in [0.15, 0.2) is 11.5 Å². The summed E-state index contributed by atoms with van der Waals surface area (Å²) < 4.78 is 17.4. The number of anilines is 2. The van der Waals surface area contributed by atoms with Crippen LogP contribution in [0.4, 0.5) is 11.4 Å². The molecule has 1 heterocycles. The van der Waals surface area contributed by atoms with E-state index in [2.05, 4.69) is 21.2 Å². The molecule has 1 amide bonds. The Balaban J connectivity index is 1.91. The minimum atomic E-state index is -0.476. The van der Waals surface area contributed by atoms with Gasteiger partial charge in [-0.25, -0.2) is 0 Å². The summed E-state index contributed by atoms with van der Waals surface area (Å²) in [5.74, 6) is 1.45. The Labute approximate surface area is 183 Å². The molecule has 30 heavy (non-hydrogen) atoms. The van der Waals surface area contributed by atoms with Gasteiger partial charge in [-0.15, -0.1) is 0 Å². The Morgan fingerprint density at radius 2 is 1.60 bits per heavy atom. The Kier molecular flexibility index (Phi) is 5.55. The maximum atomic E-state index is 13.5. The molecule has 7 heteroatoms. The van der Waals surface area contributed by atoms with Crippen LogP contribution in [0.25, 0.3) is 0 Å². The number of para-hydroxylation sites is 1. The molecule has 4 rings (SSSR count). The molecule has 3 aromatic carbocycles. The lowest BCUT2D eigenvalue weighted by atomic mass is 10.0. The first kappa shape index (κ1) is 20.1. The molecule has 1 N–H and O–H groups in total. The summed E-state index contributed by atoms with van der Waals surface area (Å²) >= 11 is 3.51. The SMILES string of the molecule is COc1cc(C2Nc3ccccc3C(=O)N2c2cccc(Br)c2)cc(OC)c1OC. The lowest BCUT2D eigenvalue weighted by Gasteiger charge is -2.38. The van der Waals surface area contributed by atoms with E-state index in [0.717, 1.165) is 21.4 Å². The predicted molar refractivity (Wildman–Crippen MR) is 120 cm³/mol. The van der Waals surface area contributed by atoms with Gasteiger partial charge in [0.25, 0.3) is 5.91 Å². The number of hydrogen-bond acceptors (Lipinski definition) is 5. The third-order valence-electron chi connectivity index (χ3n) is 5.02. The van der Waals surface area contributed by atoms with Crippen molar-refractivity contribution in [2.24, 2.45) is 0 Å². The van der Waals surface area contributed by atoms with Crippen LogP contribution in [-0.2, 0) is 0 Å². The number of nitrogens with zero attached hydrogens (tertiary/aromatic N) is 1. The summed E-state index contributed by atoms with van der Waals surface area (Å²) in [5.41, 5.74) is 2.94. The number of amides is 1. The maximum Gasteiger partial charge on any atom is 0.262 e. The fourth-order valence-corrected chi connectivity index (χ4v) is 4.03. The third kappa shape index (κ3) is 3.45. The number of fused-ring (bicyclic) bond motifs is 1. The molecule has 0 spiro atoms. The Morgan fingerprint density at radius 1 is 0.900 bits per heavy atom. The van der Waals surface area contributed by atoms with Crippen LogP contribution in [0.3, 0.4) is 0 Å². The van der Waals surface area contributed by atoms with Crippen molar-refractivity contribution in [2.75, 3.05) is 31.5 Å². The van der Waals surface area contributed by atoms with Crippen molar-refractivity contribution in [1.82, 2.24) is 0 Å². The molecule has 0 fully saturated rings. The molecule has 1 aliphatic rings. The number of hydrogen-bond donors (Lipinski definition) is 1. The second-order valence-corrected chi connectivity index (χ2v) is 7.62. The maximum absolute atomic E-state index is 13.5. The predicted octanol–water partition coefficient (Wildman–Crippen LogP) is 5.25. The highest BCUT2D eigenvalue weighted by atomic mass is 79.9. The van der Waals surface area contributed by atoms with Gasteiger partial charge in [0.05, 0.1) is 26.9 Å². The van der Waals surface area contributed by atoms with Crippen molar-refractivity contribution < 1.29 is 19.0 Å². The first-order chi connectivity index (χ1) is 14.6. The second kappa shape index (κ2) is 8.28. The van der Waals surface area contributed by atoms with Crippen LogP contribution in [-0.4, -0.2) is 27.2 Å². The normalized spacial score (nSPS) is 15.3. The summed E-state index contributed by atoms with van der Waals surface area (Å²) in [4.78, 5) is 15.3. The van der Waals surface area contributed by atoms with Crippen molar-refractivity contribution in [3.8, 4) is 17.2 Å². The lowest BCUT2D eigenvalue weighted by Crippen LogP contribution is -2.43. The van der Waals surface area contributed by atoms with Crippen LogP contribution in [0, 0.1) is 0 Å². The van der Waals surface area contributed by atoms with Crippen molar-refractivity contribution >= 4 is 33.2 Å². The van der Waals surface area contributed by atoms with Crippen LogP contribution in [0.15, 0.2) is 65.1 Å². The van der Waals surface area contributed by atoms with Gasteiger partial charge < -0.3 is 19.5 Å². The average molecular weight is 469 g/mol. The smallest absolute Gasteiger partial charge is 0.262 e. The zero-order valence-electron chi connectivity index (χ0n) is 16.8. The molecule has 0 aromatic heterocycles. The molecule has 1 aliphatic heterocycles. The molecule has 1 unspecified atom stereocenters. The van der Waals surface area contributed by atoms with E-state index in [1.807, 2.05) is 60.7 Å². The van der Waals surface area contributed by atoms with E-state index in [-0.39, 0.29) is 5.91 Å². The first-order valence-electron chi connectivity index (χ1n) is 9.32. The van der Waals surface area contributed by atoms with E-state index in [1.165, 1.54) is 0 Å². The number of ether oxygens (including phenoxy) is 3. The zero-order valence-corrected chi connectivity index (χ0v) is 18.4. The van der Waals surface area contributed by atoms with E-state index in [1.54, 1.807) is 26.2 Å². The van der Waals surface area contributed by atoms with Gasteiger partial charge in [-0.05, 0) is 42.5 Å². The van der Waals surface area contributed by atoms with E-state index >= 15 is 0 Å². The third-order valence-corrected chi connectivity index (χ3v) is 5.51. The standard InChI is InChI=1S/C23H21BrN2O4/c1-28-19-11-14(12-20(29-2)21(19)30-3)22-25-18-10-5-4-9-17(18)23(27)26(22)16-8-6-7-15(24)13-16/h4-13,22,25H,1-3H3. The highest BCUT2D eigenvalue weighted by Gasteiger charge is 2.35. The lowest BCUT2D eigenvalue weighted by molar-refractivity contribution is 0.0975. The quantitative estimate of drug-likeness (QED) is 0.554. The van der Waals surface area contributed by atoms with Gasteiger partial charge >= 0.3 is 0 Å². The molecule has 0 aliphatic carbocycles. The Bertz CT molecular complexity index is 1080. The molecule has 1 atom stereocenters. The van der Waals surface area contributed by atoms with Crippen LogP contribution in [0.1, 0.15) is 22.1 Å². The fraction of sp³-hybridized carbons (Fsp3) is 0.174. The van der Waals surface area contributed by atoms with Crippen molar-refractivity contribution in [2.45, 2.75) is 6.17 Å². The second-order valence-electron chi connectivity index (χ2n) is 6.71. The largest absolute Gasteiger partial charge is 0.493 e. The van der Waals surface area contributed by atoms with E-state index < -0.39 is 6.17 Å². The van der Waals surface area contributed by atoms with Gasteiger partial charge in [0.2, 0.25) is 5.75 Å². The van der Waals surface area contributed by atoms with Gasteiger partial charge in [-0.3, -0.25) is 9.69 Å². The summed E-state index contributed by atoms with van der Waals surface area (Å²) in [6.45, 7) is 0. The number of nitrogens with one attached hydrogen (secondary N) is 1. The van der Waals surface area contributed by atoms with Crippen LogP contribution < -0.4 is 24.4 Å². The fourth-order valence-electron chi connectivity index (χ4n) is 3.64. The van der Waals surface area contributed by atoms with Gasteiger partial charge in [0.1, 0.15) is 6.17 Å². The number of rotatable bonds is 5. The topological polar surface area (TPSA) is 60.0 Å². The van der Waals surface area contributed by atoms with Gasteiger partial charge in [-0.2, -0.15) is 0 Å². The van der Waals surface area contributed by atoms with Gasteiger partial charge in [-0.1, -0.05) is 34.1 Å². The summed E-state index contributed by atoms with van der Waals surface area (Å²) in [7, 11) is 4.70. The van der Waals surface area contributed by atoms with Gasteiger partial charge in [0, 0.05) is 21.4 Å². The summed E-state index contributed by atoms with van der Waals surface area (Å²) in [5, 5.41) is 3.49. The molecule has 0 saturated heterocycles. The van der Waals surface area contributed by atoms with Crippen LogP contribution >= 0.6 is 15.9 Å². The average Bonchev–Trinajstić information content (AvgIpc) is 2.77. The molecule has 0 saturated carbocycles. The summed E-state index contributed by atoms with van der Waals surface area (Å²) in [6.07, 6.45) is -0.476. The van der Waals surface area contributed by atoms with Crippen LogP contribution in [0.5, 0.6) is 17.2 Å². The monoisotopic (exact) mass is 468 g/mol. The van der Waals surface area contributed by atoms with Crippen molar-refractivity contribution in [1.29, 1.82) is 0 Å². The number of carbonyl (C=O) groups is 1. The zero-order chi connectivity index (χ0) is 21.3. The van der Waals surface area contributed by atoms with E-state index in [4.69, 9.17) is 14.2 Å². The molecular weight excluding hydrogens is 448 g/mol. The van der Waals surface area contributed by atoms with E-state index in [0.29, 0.717) is 22.8 Å². The highest BCUT2D eigenvalue weighted by Crippen LogP contribution is 2.43. The van der Waals surface area contributed by atoms with E-state index in [9.17, 15) is 4.79 Å². The Morgan fingerprint density at radius 3 is 2.23 bits per heavy atom. The highest BCUT2D eigenvalue weighted by molar-refractivity contribution is 9.10. The number of carbonyl (C=O) groups excluding carboxylic acids is 1. The molecule has 0 bridgehead atoms. The first-order valence-corrected chi connectivity index (χ1v) is 10.1. The molecule has 6 nitrogen and oxygen atoms in total. The number of halogens is 1. The molecule has 0 radical (unpaired) electrons. The minimum absolute atomic E-state index is 0.0961.